The molecule has 1 fully saturated rings. The Kier molecular flexibility index (Phi) is 6.02. The van der Waals surface area contributed by atoms with Crippen LogP contribution in [0.3, 0.4) is 0 Å². The number of hydrogen-bond donors (Lipinski definition) is 1. The number of ether oxygens (including phenoxy) is 1. The first-order valence-electron chi connectivity index (χ1n) is 8.33. The summed E-state index contributed by atoms with van der Waals surface area (Å²) in [6.07, 6.45) is -0.591. The number of morpholine rings is 1. The summed E-state index contributed by atoms with van der Waals surface area (Å²) in [5, 5.41) is 14.1. The quantitative estimate of drug-likeness (QED) is 0.453. The van der Waals surface area contributed by atoms with Crippen LogP contribution < -0.4 is 10.2 Å². The fourth-order valence-corrected chi connectivity index (χ4v) is 3.57. The highest BCUT2D eigenvalue weighted by Gasteiger charge is 2.29. The molecule has 3 rings (SSSR count). The Bertz CT molecular complexity index is 941. The van der Waals surface area contributed by atoms with Crippen LogP contribution in [-0.2, 0) is 4.74 Å². The van der Waals surface area contributed by atoms with E-state index in [-0.39, 0.29) is 34.4 Å². The second-order valence-corrected chi connectivity index (χ2v) is 6.95. The van der Waals surface area contributed by atoms with Crippen LogP contribution in [0.25, 0.3) is 0 Å². The molecule has 148 valence electrons. The number of rotatable bonds is 4. The van der Waals surface area contributed by atoms with Gasteiger partial charge in [-0.25, -0.2) is 4.39 Å². The Balaban J connectivity index is 1.93. The van der Waals surface area contributed by atoms with Crippen molar-refractivity contribution in [2.24, 2.45) is 0 Å². The van der Waals surface area contributed by atoms with Crippen molar-refractivity contribution in [2.75, 3.05) is 31.6 Å². The minimum absolute atomic E-state index is 0.0955. The maximum atomic E-state index is 13.9. The van der Waals surface area contributed by atoms with Crippen LogP contribution >= 0.6 is 23.2 Å². The zero-order valence-electron chi connectivity index (χ0n) is 14.7. The zero-order valence-corrected chi connectivity index (χ0v) is 16.3. The van der Waals surface area contributed by atoms with Gasteiger partial charge in [0.15, 0.2) is 0 Å². The minimum Gasteiger partial charge on any atom is -0.370 e. The fraction of sp³-hybridized carbons (Fsp3) is 0.278. The van der Waals surface area contributed by atoms with E-state index in [2.05, 4.69) is 5.32 Å². The Labute approximate surface area is 170 Å². The van der Waals surface area contributed by atoms with E-state index >= 15 is 0 Å². The first kappa shape index (κ1) is 20.3. The number of carbonyl (C=O) groups excluding carboxylic acids is 1. The Morgan fingerprint density at radius 2 is 2.07 bits per heavy atom. The third-order valence-electron chi connectivity index (χ3n) is 4.45. The Morgan fingerprint density at radius 1 is 1.32 bits per heavy atom. The van der Waals surface area contributed by atoms with Crippen LogP contribution in [0.5, 0.6) is 0 Å². The number of hydrogen-bond acceptors (Lipinski definition) is 5. The molecule has 1 atom stereocenters. The van der Waals surface area contributed by atoms with Crippen LogP contribution in [0.4, 0.5) is 15.8 Å². The van der Waals surface area contributed by atoms with E-state index in [0.717, 1.165) is 0 Å². The monoisotopic (exact) mass is 427 g/mol. The lowest BCUT2D eigenvalue weighted by Gasteiger charge is -2.34. The number of carbonyl (C=O) groups is 1. The van der Waals surface area contributed by atoms with Crippen molar-refractivity contribution in [1.82, 2.24) is 5.32 Å². The topological polar surface area (TPSA) is 84.7 Å². The molecule has 0 saturated carbocycles. The molecule has 0 aliphatic carbocycles. The summed E-state index contributed by atoms with van der Waals surface area (Å²) in [5.41, 5.74) is 0.745. The normalized spacial score (nSPS) is 16.7. The molecular formula is C18H16Cl2FN3O4. The van der Waals surface area contributed by atoms with E-state index in [4.69, 9.17) is 27.9 Å². The van der Waals surface area contributed by atoms with Gasteiger partial charge in [0.1, 0.15) is 17.6 Å². The molecule has 7 nitrogen and oxygen atoms in total. The lowest BCUT2D eigenvalue weighted by molar-refractivity contribution is -0.384. The number of nitrogens with one attached hydrogen (secondary N) is 1. The van der Waals surface area contributed by atoms with Gasteiger partial charge >= 0.3 is 0 Å². The van der Waals surface area contributed by atoms with Gasteiger partial charge in [0.05, 0.1) is 16.6 Å². The van der Waals surface area contributed by atoms with E-state index in [1.807, 2.05) is 0 Å². The SMILES string of the molecule is CNC(=O)c1ccc(N2CCOC(c3cc(F)c(Cl)cc3Cl)C2)c([N+](=O)[O-])c1. The highest BCUT2D eigenvalue weighted by molar-refractivity contribution is 6.35. The molecule has 1 N–H and O–H groups in total. The van der Waals surface area contributed by atoms with E-state index in [1.54, 1.807) is 4.90 Å². The average molecular weight is 428 g/mol. The van der Waals surface area contributed by atoms with E-state index in [0.29, 0.717) is 17.8 Å². The van der Waals surface area contributed by atoms with Crippen LogP contribution in [0.2, 0.25) is 10.0 Å². The summed E-state index contributed by atoms with van der Waals surface area (Å²) < 4.78 is 19.6. The maximum Gasteiger partial charge on any atom is 0.293 e. The van der Waals surface area contributed by atoms with Gasteiger partial charge in [-0.2, -0.15) is 0 Å². The standard InChI is InChI=1S/C18H16Cl2FN3O4/c1-22-18(25)10-2-3-15(16(6-10)24(26)27)23-4-5-28-17(9-23)11-7-14(21)13(20)8-12(11)19/h2-3,6-8,17H,4-5,9H2,1H3,(H,22,25). The van der Waals surface area contributed by atoms with E-state index in [1.165, 1.54) is 37.4 Å². The number of nitro groups is 1. The van der Waals surface area contributed by atoms with Crippen molar-refractivity contribution in [3.8, 4) is 0 Å². The number of halogens is 3. The molecular weight excluding hydrogens is 412 g/mol. The molecule has 0 spiro atoms. The van der Waals surface area contributed by atoms with Gasteiger partial charge < -0.3 is 15.0 Å². The smallest absolute Gasteiger partial charge is 0.293 e. The second kappa shape index (κ2) is 8.30. The molecule has 1 saturated heterocycles. The van der Waals surface area contributed by atoms with Crippen LogP contribution in [-0.4, -0.2) is 37.6 Å². The van der Waals surface area contributed by atoms with Gasteiger partial charge in [0.25, 0.3) is 11.6 Å². The lowest BCUT2D eigenvalue weighted by atomic mass is 10.1. The summed E-state index contributed by atoms with van der Waals surface area (Å²) in [7, 11) is 1.45. The highest BCUT2D eigenvalue weighted by Crippen LogP contribution is 2.36. The van der Waals surface area contributed by atoms with Gasteiger partial charge in [-0.05, 0) is 24.3 Å². The number of nitro benzene ring substituents is 1. The fourth-order valence-electron chi connectivity index (χ4n) is 3.06. The van der Waals surface area contributed by atoms with Gasteiger partial charge in [-0.15, -0.1) is 0 Å². The molecule has 1 heterocycles. The lowest BCUT2D eigenvalue weighted by Crippen LogP contribution is -2.38. The first-order chi connectivity index (χ1) is 13.3. The second-order valence-electron chi connectivity index (χ2n) is 6.13. The summed E-state index contributed by atoms with van der Waals surface area (Å²) >= 11 is 11.9. The highest BCUT2D eigenvalue weighted by atomic mass is 35.5. The van der Waals surface area contributed by atoms with Crippen molar-refractivity contribution in [2.45, 2.75) is 6.10 Å². The van der Waals surface area contributed by atoms with Gasteiger partial charge in [-0.1, -0.05) is 23.2 Å². The third kappa shape index (κ3) is 4.04. The van der Waals surface area contributed by atoms with Crippen molar-refractivity contribution >= 4 is 40.5 Å². The van der Waals surface area contributed by atoms with Crippen molar-refractivity contribution < 1.29 is 18.8 Å². The van der Waals surface area contributed by atoms with Gasteiger partial charge in [-0.3, -0.25) is 14.9 Å². The molecule has 2 aromatic carbocycles. The van der Waals surface area contributed by atoms with Crippen LogP contribution in [0, 0.1) is 15.9 Å². The predicted octanol–water partition coefficient (Wildman–Crippen LogP) is 3.98. The number of nitrogens with zero attached hydrogens (tertiary/aromatic N) is 2. The third-order valence-corrected chi connectivity index (χ3v) is 5.07. The molecule has 28 heavy (non-hydrogen) atoms. The van der Waals surface area contributed by atoms with Crippen LogP contribution in [0.1, 0.15) is 22.0 Å². The van der Waals surface area contributed by atoms with Crippen molar-refractivity contribution in [3.05, 3.63) is 67.4 Å². The van der Waals surface area contributed by atoms with E-state index < -0.39 is 22.8 Å². The zero-order chi connectivity index (χ0) is 20.4. The number of anilines is 1. The molecule has 1 aliphatic rings. The molecule has 0 bridgehead atoms. The van der Waals surface area contributed by atoms with Gasteiger partial charge in [0, 0.05) is 42.4 Å². The number of benzene rings is 2. The van der Waals surface area contributed by atoms with Gasteiger partial charge in [0.2, 0.25) is 0 Å². The largest absolute Gasteiger partial charge is 0.370 e. The van der Waals surface area contributed by atoms with Crippen LogP contribution in [0.15, 0.2) is 30.3 Å². The molecule has 1 aliphatic heterocycles. The molecule has 2 aromatic rings. The molecule has 1 amide bonds. The summed E-state index contributed by atoms with van der Waals surface area (Å²) in [5.74, 6) is -1.04. The Hall–Kier alpha value is -2.42. The average Bonchev–Trinajstić information content (AvgIpc) is 2.69. The maximum absolute atomic E-state index is 13.9. The number of amides is 1. The van der Waals surface area contributed by atoms with Crippen molar-refractivity contribution in [1.29, 1.82) is 0 Å². The summed E-state index contributed by atoms with van der Waals surface area (Å²) in [4.78, 5) is 24.5. The Morgan fingerprint density at radius 3 is 2.75 bits per heavy atom. The minimum atomic E-state index is -0.622. The predicted molar refractivity (Wildman–Crippen MR) is 104 cm³/mol. The summed E-state index contributed by atoms with van der Waals surface area (Å²) in [6, 6.07) is 6.78. The van der Waals surface area contributed by atoms with E-state index in [9.17, 15) is 19.3 Å². The molecule has 1 unspecified atom stereocenters. The van der Waals surface area contributed by atoms with Crippen molar-refractivity contribution in [3.63, 3.8) is 0 Å². The molecule has 0 aromatic heterocycles. The summed E-state index contributed by atoms with van der Waals surface area (Å²) in [6.45, 7) is 0.880. The molecule has 10 heteroatoms. The molecule has 0 radical (unpaired) electrons. The first-order valence-corrected chi connectivity index (χ1v) is 9.09.